The van der Waals surface area contributed by atoms with E-state index in [9.17, 15) is 13.6 Å². The van der Waals surface area contributed by atoms with Crippen LogP contribution in [0, 0.1) is 5.92 Å². The van der Waals surface area contributed by atoms with E-state index < -0.39 is 18.3 Å². The summed E-state index contributed by atoms with van der Waals surface area (Å²) in [5, 5.41) is 0. The van der Waals surface area contributed by atoms with Crippen molar-refractivity contribution in [3.63, 3.8) is 0 Å². The maximum Gasteiger partial charge on any atom is 0.254 e. The minimum Gasteiger partial charge on any atom is -0.338 e. The maximum atomic E-state index is 12.7. The van der Waals surface area contributed by atoms with Gasteiger partial charge in [0.25, 0.3) is 5.92 Å². The lowest BCUT2D eigenvalue weighted by Gasteiger charge is -2.30. The summed E-state index contributed by atoms with van der Waals surface area (Å²) in [5.74, 6) is -3.11. The van der Waals surface area contributed by atoms with Crippen molar-refractivity contribution < 1.29 is 13.6 Å². The minimum absolute atomic E-state index is 0.258. The number of rotatable bonds is 2. The van der Waals surface area contributed by atoms with Gasteiger partial charge in [-0.05, 0) is 19.8 Å². The van der Waals surface area contributed by atoms with E-state index in [1.54, 1.807) is 0 Å². The molecule has 0 saturated heterocycles. The average Bonchev–Trinajstić information content (AvgIpc) is 1.98. The van der Waals surface area contributed by atoms with Gasteiger partial charge in [-0.15, -0.1) is 0 Å². The van der Waals surface area contributed by atoms with Crippen molar-refractivity contribution in [1.82, 2.24) is 4.90 Å². The largest absolute Gasteiger partial charge is 0.338 e. The molecule has 1 amide bonds. The summed E-state index contributed by atoms with van der Waals surface area (Å²) in [6.45, 7) is 5.71. The highest BCUT2D eigenvalue weighted by molar-refractivity contribution is 5.77. The Labute approximate surface area is 88.9 Å². The fourth-order valence-corrected chi connectivity index (χ4v) is 1.87. The third kappa shape index (κ3) is 3.98. The molecule has 0 fully saturated rings. The summed E-state index contributed by atoms with van der Waals surface area (Å²) < 4.78 is 25.3. The van der Waals surface area contributed by atoms with Crippen molar-refractivity contribution in [1.29, 1.82) is 0 Å². The van der Waals surface area contributed by atoms with Crippen LogP contribution in [0.15, 0.2) is 11.6 Å². The quantitative estimate of drug-likeness (QED) is 0.651. The number of alkyl halides is 2. The number of hydrogen-bond acceptors (Lipinski definition) is 1. The summed E-state index contributed by atoms with van der Waals surface area (Å²) in [6.07, 6.45) is 1.39. The van der Waals surface area contributed by atoms with Crippen LogP contribution in [-0.4, -0.2) is 29.8 Å². The molecule has 0 aromatic heterocycles. The highest BCUT2D eigenvalue weighted by atomic mass is 19.3. The van der Waals surface area contributed by atoms with Crippen molar-refractivity contribution in [3.8, 4) is 0 Å². The van der Waals surface area contributed by atoms with Crippen molar-refractivity contribution in [3.05, 3.63) is 11.6 Å². The van der Waals surface area contributed by atoms with Gasteiger partial charge in [-0.25, -0.2) is 8.78 Å². The molecule has 0 saturated carbocycles. The highest BCUT2D eigenvalue weighted by Gasteiger charge is 2.30. The lowest BCUT2D eigenvalue weighted by atomic mass is 10.0. The Morgan fingerprint density at radius 3 is 2.73 bits per heavy atom. The normalized spacial score (nSPS) is 22.6. The topological polar surface area (TPSA) is 20.3 Å². The fourth-order valence-electron chi connectivity index (χ4n) is 1.87. The molecule has 0 aliphatic carbocycles. The van der Waals surface area contributed by atoms with Crippen molar-refractivity contribution in [2.24, 2.45) is 5.92 Å². The summed E-state index contributed by atoms with van der Waals surface area (Å²) in [4.78, 5) is 13.0. The smallest absolute Gasteiger partial charge is 0.254 e. The van der Waals surface area contributed by atoms with Crippen LogP contribution in [0.1, 0.15) is 27.2 Å². The molecule has 1 atom stereocenters. The van der Waals surface area contributed by atoms with Crippen LogP contribution in [0.3, 0.4) is 0 Å². The van der Waals surface area contributed by atoms with Gasteiger partial charge in [-0.3, -0.25) is 4.79 Å². The van der Waals surface area contributed by atoms with Gasteiger partial charge >= 0.3 is 0 Å². The Morgan fingerprint density at radius 1 is 1.67 bits per heavy atom. The lowest BCUT2D eigenvalue weighted by molar-refractivity contribution is -0.137. The zero-order valence-electron chi connectivity index (χ0n) is 9.39. The predicted molar refractivity (Wildman–Crippen MR) is 54.7 cm³/mol. The Balaban J connectivity index is 2.59. The van der Waals surface area contributed by atoms with Gasteiger partial charge in [0.1, 0.15) is 0 Å². The van der Waals surface area contributed by atoms with E-state index in [0.717, 1.165) is 12.5 Å². The second-order valence-corrected chi connectivity index (χ2v) is 4.51. The first-order chi connectivity index (χ1) is 6.78. The van der Waals surface area contributed by atoms with E-state index in [-0.39, 0.29) is 5.92 Å². The molecule has 2 nitrogen and oxygen atoms in total. The third-order valence-electron chi connectivity index (χ3n) is 2.33. The zero-order chi connectivity index (χ0) is 11.6. The van der Waals surface area contributed by atoms with Crippen LogP contribution in [0.25, 0.3) is 0 Å². The van der Waals surface area contributed by atoms with E-state index in [4.69, 9.17) is 0 Å². The molecule has 0 spiro atoms. The lowest BCUT2D eigenvalue weighted by Crippen LogP contribution is -2.40. The summed E-state index contributed by atoms with van der Waals surface area (Å²) in [6, 6.07) is 0. The van der Waals surface area contributed by atoms with Gasteiger partial charge < -0.3 is 4.90 Å². The molecule has 1 aliphatic heterocycles. The number of carbonyl (C=O) groups is 1. The van der Waals surface area contributed by atoms with E-state index in [1.165, 1.54) is 4.90 Å². The van der Waals surface area contributed by atoms with E-state index in [0.29, 0.717) is 13.1 Å². The fraction of sp³-hybridized carbons (Fsp3) is 0.727. The standard InChI is InChI=1S/C11H17F2NO/c1-8-4-9(2)7-14(6-8)10(15)5-11(3,12)13/h4,8H,5-7H2,1-3H3/t8-/m0/s1. The van der Waals surface area contributed by atoms with Gasteiger partial charge in [0, 0.05) is 13.1 Å². The molecule has 1 heterocycles. The Hall–Kier alpha value is -0.930. The maximum absolute atomic E-state index is 12.7. The first-order valence-corrected chi connectivity index (χ1v) is 5.11. The molecule has 4 heteroatoms. The second kappa shape index (κ2) is 4.29. The first-order valence-electron chi connectivity index (χ1n) is 5.11. The number of hydrogen-bond donors (Lipinski definition) is 0. The first kappa shape index (κ1) is 12.1. The van der Waals surface area contributed by atoms with E-state index in [2.05, 4.69) is 6.08 Å². The van der Waals surface area contributed by atoms with Gasteiger partial charge in [-0.1, -0.05) is 18.6 Å². The highest BCUT2D eigenvalue weighted by Crippen LogP contribution is 2.21. The van der Waals surface area contributed by atoms with Gasteiger partial charge in [0.05, 0.1) is 6.42 Å². The molecule has 0 radical (unpaired) electrons. The Kier molecular flexibility index (Phi) is 3.47. The summed E-state index contributed by atoms with van der Waals surface area (Å²) in [7, 11) is 0. The number of nitrogens with zero attached hydrogens (tertiary/aromatic N) is 1. The van der Waals surface area contributed by atoms with Crippen LogP contribution in [0.4, 0.5) is 8.78 Å². The monoisotopic (exact) mass is 217 g/mol. The molecular weight excluding hydrogens is 200 g/mol. The third-order valence-corrected chi connectivity index (χ3v) is 2.33. The van der Waals surface area contributed by atoms with Gasteiger partial charge in [-0.2, -0.15) is 0 Å². The molecule has 15 heavy (non-hydrogen) atoms. The molecule has 0 N–H and O–H groups in total. The number of halogens is 2. The average molecular weight is 217 g/mol. The summed E-state index contributed by atoms with van der Waals surface area (Å²) in [5.41, 5.74) is 1.07. The van der Waals surface area contributed by atoms with E-state index in [1.807, 2.05) is 13.8 Å². The molecule has 86 valence electrons. The van der Waals surface area contributed by atoms with Crippen LogP contribution >= 0.6 is 0 Å². The molecule has 0 unspecified atom stereocenters. The van der Waals surface area contributed by atoms with Crippen molar-refractivity contribution >= 4 is 5.91 Å². The number of carbonyl (C=O) groups excluding carboxylic acids is 1. The minimum atomic E-state index is -2.91. The van der Waals surface area contributed by atoms with Gasteiger partial charge in [0.15, 0.2) is 0 Å². The predicted octanol–water partition coefficient (Wildman–Crippen LogP) is 2.46. The Bertz CT molecular complexity index is 281. The molecule has 0 aromatic rings. The molecule has 1 rings (SSSR count). The second-order valence-electron chi connectivity index (χ2n) is 4.51. The SMILES string of the molecule is CC1=C[C@H](C)CN(C(=O)CC(C)(F)F)C1. The number of amides is 1. The van der Waals surface area contributed by atoms with Crippen LogP contribution in [0.2, 0.25) is 0 Å². The molecule has 0 bridgehead atoms. The molecule has 1 aliphatic rings. The van der Waals surface area contributed by atoms with Gasteiger partial charge in [0.2, 0.25) is 5.91 Å². The van der Waals surface area contributed by atoms with E-state index >= 15 is 0 Å². The summed E-state index contributed by atoms with van der Waals surface area (Å²) >= 11 is 0. The molecular formula is C11H17F2NO. The van der Waals surface area contributed by atoms with Crippen molar-refractivity contribution in [2.75, 3.05) is 13.1 Å². The van der Waals surface area contributed by atoms with Crippen molar-refractivity contribution in [2.45, 2.75) is 33.1 Å². The van der Waals surface area contributed by atoms with Crippen LogP contribution in [-0.2, 0) is 4.79 Å². The Morgan fingerprint density at radius 2 is 2.27 bits per heavy atom. The van der Waals surface area contributed by atoms with Crippen LogP contribution in [0.5, 0.6) is 0 Å². The molecule has 0 aromatic carbocycles. The van der Waals surface area contributed by atoms with Crippen LogP contribution < -0.4 is 0 Å². The zero-order valence-corrected chi connectivity index (χ0v) is 9.39.